The second kappa shape index (κ2) is 6.90. The molecule has 0 fully saturated rings. The van der Waals surface area contributed by atoms with Gasteiger partial charge >= 0.3 is 0 Å². The van der Waals surface area contributed by atoms with E-state index in [-0.39, 0.29) is 5.75 Å². The number of aliphatic hydroxyl groups is 1. The zero-order chi connectivity index (χ0) is 13.7. The Hall–Kier alpha value is -0.870. The zero-order valence-electron chi connectivity index (χ0n) is 11.6. The number of thioether (sulfide) groups is 1. The Morgan fingerprint density at radius 3 is 2.50 bits per heavy atom. The summed E-state index contributed by atoms with van der Waals surface area (Å²) in [5.41, 5.74) is 1.55. The summed E-state index contributed by atoms with van der Waals surface area (Å²) in [5, 5.41) is 19.4. The lowest BCUT2D eigenvalue weighted by Crippen LogP contribution is -2.29. The lowest BCUT2D eigenvalue weighted by Gasteiger charge is -2.27. The first-order valence-electron chi connectivity index (χ1n) is 6.20. The van der Waals surface area contributed by atoms with Crippen LogP contribution in [0.1, 0.15) is 31.9 Å². The third kappa shape index (κ3) is 3.82. The summed E-state index contributed by atoms with van der Waals surface area (Å²) in [4.78, 5) is 2.15. The van der Waals surface area contributed by atoms with Crippen molar-refractivity contribution < 1.29 is 10.2 Å². The van der Waals surface area contributed by atoms with Crippen molar-refractivity contribution >= 4 is 17.4 Å². The molecule has 0 radical (unpaired) electrons. The van der Waals surface area contributed by atoms with Crippen molar-refractivity contribution in [1.29, 1.82) is 0 Å². The molecule has 3 nitrogen and oxygen atoms in total. The van der Waals surface area contributed by atoms with Gasteiger partial charge in [-0.25, -0.2) is 0 Å². The average molecular weight is 269 g/mol. The monoisotopic (exact) mass is 269 g/mol. The molecule has 18 heavy (non-hydrogen) atoms. The molecule has 0 amide bonds. The molecular weight excluding hydrogens is 246 g/mol. The van der Waals surface area contributed by atoms with E-state index in [9.17, 15) is 10.2 Å². The van der Waals surface area contributed by atoms with Gasteiger partial charge in [-0.2, -0.15) is 11.8 Å². The van der Waals surface area contributed by atoms with Crippen LogP contribution in [0.4, 0.5) is 5.69 Å². The highest BCUT2D eigenvalue weighted by Gasteiger charge is 2.13. The Labute approximate surface area is 114 Å². The Morgan fingerprint density at radius 1 is 1.33 bits per heavy atom. The molecule has 1 aromatic rings. The normalized spacial score (nSPS) is 14.3. The molecule has 0 aliphatic heterocycles. The third-order valence-corrected chi connectivity index (χ3v) is 3.92. The van der Waals surface area contributed by atoms with E-state index < -0.39 is 6.10 Å². The number of phenolic OH excluding ortho intramolecular Hbond substituents is 1. The number of hydrogen-bond acceptors (Lipinski definition) is 4. The minimum atomic E-state index is -0.640. The molecule has 1 aromatic carbocycles. The minimum absolute atomic E-state index is 0.159. The van der Waals surface area contributed by atoms with Crippen LogP contribution in [0.5, 0.6) is 5.75 Å². The fraction of sp³-hybridized carbons (Fsp3) is 0.571. The molecule has 2 unspecified atom stereocenters. The summed E-state index contributed by atoms with van der Waals surface area (Å²) in [6, 6.07) is 5.87. The molecule has 2 N–H and O–H groups in total. The first-order chi connectivity index (χ1) is 8.47. The molecule has 0 aromatic heterocycles. The molecule has 2 atom stereocenters. The van der Waals surface area contributed by atoms with Gasteiger partial charge in [0.25, 0.3) is 0 Å². The van der Waals surface area contributed by atoms with Crippen LogP contribution >= 0.6 is 11.8 Å². The standard InChI is InChI=1S/C14H23NO2S/c1-10(7-8-18-4)15(3)12-5-6-13(11(2)16)14(17)9-12/h5-6,9-11,16-17H,7-8H2,1-4H3. The van der Waals surface area contributed by atoms with Crippen LogP contribution in [0.25, 0.3) is 0 Å². The van der Waals surface area contributed by atoms with Crippen molar-refractivity contribution in [2.45, 2.75) is 32.4 Å². The number of aromatic hydroxyl groups is 1. The molecule has 0 aliphatic rings. The number of hydrogen-bond donors (Lipinski definition) is 2. The molecule has 102 valence electrons. The molecule has 0 heterocycles. The Balaban J connectivity index is 2.80. The van der Waals surface area contributed by atoms with Gasteiger partial charge in [0.1, 0.15) is 5.75 Å². The number of nitrogens with zero attached hydrogens (tertiary/aromatic N) is 1. The minimum Gasteiger partial charge on any atom is -0.507 e. The van der Waals surface area contributed by atoms with Gasteiger partial charge in [-0.3, -0.25) is 0 Å². The van der Waals surface area contributed by atoms with Crippen LogP contribution in [-0.2, 0) is 0 Å². The highest BCUT2D eigenvalue weighted by Crippen LogP contribution is 2.29. The third-order valence-electron chi connectivity index (χ3n) is 3.27. The van der Waals surface area contributed by atoms with Crippen molar-refractivity contribution in [3.63, 3.8) is 0 Å². The molecule has 4 heteroatoms. The van der Waals surface area contributed by atoms with Crippen molar-refractivity contribution in [1.82, 2.24) is 0 Å². The fourth-order valence-corrected chi connectivity index (χ4v) is 2.42. The van der Waals surface area contributed by atoms with Gasteiger partial charge in [0.05, 0.1) is 6.10 Å². The van der Waals surface area contributed by atoms with Gasteiger partial charge in [0.2, 0.25) is 0 Å². The quantitative estimate of drug-likeness (QED) is 0.833. The van der Waals surface area contributed by atoms with Crippen molar-refractivity contribution in [2.24, 2.45) is 0 Å². The van der Waals surface area contributed by atoms with E-state index in [1.807, 2.05) is 24.9 Å². The predicted molar refractivity (Wildman–Crippen MR) is 79.6 cm³/mol. The summed E-state index contributed by atoms with van der Waals surface area (Å²) < 4.78 is 0. The number of aliphatic hydroxyl groups excluding tert-OH is 1. The van der Waals surface area contributed by atoms with Gasteiger partial charge in [-0.1, -0.05) is 6.07 Å². The number of rotatable bonds is 6. The highest BCUT2D eigenvalue weighted by molar-refractivity contribution is 7.98. The summed E-state index contributed by atoms with van der Waals surface area (Å²) in [5.74, 6) is 1.29. The van der Waals surface area contributed by atoms with Crippen LogP contribution in [0.15, 0.2) is 18.2 Å². The lowest BCUT2D eigenvalue weighted by molar-refractivity contribution is 0.195. The van der Waals surface area contributed by atoms with E-state index in [1.54, 1.807) is 19.1 Å². The van der Waals surface area contributed by atoms with Gasteiger partial charge in [0.15, 0.2) is 0 Å². The van der Waals surface area contributed by atoms with Gasteiger partial charge < -0.3 is 15.1 Å². The van der Waals surface area contributed by atoms with E-state index in [4.69, 9.17) is 0 Å². The smallest absolute Gasteiger partial charge is 0.123 e. The van der Waals surface area contributed by atoms with E-state index in [2.05, 4.69) is 18.1 Å². The maximum atomic E-state index is 9.88. The largest absolute Gasteiger partial charge is 0.507 e. The van der Waals surface area contributed by atoms with Crippen LogP contribution in [0.3, 0.4) is 0 Å². The van der Waals surface area contributed by atoms with Crippen LogP contribution in [0.2, 0.25) is 0 Å². The first kappa shape index (κ1) is 15.2. The number of anilines is 1. The second-order valence-corrected chi connectivity index (χ2v) is 5.65. The van der Waals surface area contributed by atoms with Crippen LogP contribution in [-0.4, -0.2) is 35.3 Å². The fourth-order valence-electron chi connectivity index (χ4n) is 1.84. The van der Waals surface area contributed by atoms with Crippen molar-refractivity contribution in [3.05, 3.63) is 23.8 Å². The van der Waals surface area contributed by atoms with E-state index in [0.717, 1.165) is 17.9 Å². The summed E-state index contributed by atoms with van der Waals surface area (Å²) in [6.45, 7) is 3.83. The lowest BCUT2D eigenvalue weighted by atomic mass is 10.1. The summed E-state index contributed by atoms with van der Waals surface area (Å²) in [7, 11) is 2.03. The summed E-state index contributed by atoms with van der Waals surface area (Å²) in [6.07, 6.45) is 2.57. The van der Waals surface area contributed by atoms with E-state index in [0.29, 0.717) is 11.6 Å². The maximum absolute atomic E-state index is 9.88. The van der Waals surface area contributed by atoms with E-state index in [1.165, 1.54) is 0 Å². The summed E-state index contributed by atoms with van der Waals surface area (Å²) >= 11 is 1.84. The Kier molecular flexibility index (Phi) is 5.82. The van der Waals surface area contributed by atoms with Gasteiger partial charge in [-0.05, 0) is 38.3 Å². The first-order valence-corrected chi connectivity index (χ1v) is 7.59. The van der Waals surface area contributed by atoms with Crippen LogP contribution in [0, 0.1) is 0 Å². The van der Waals surface area contributed by atoms with Crippen LogP contribution < -0.4 is 4.90 Å². The second-order valence-electron chi connectivity index (χ2n) is 4.66. The zero-order valence-corrected chi connectivity index (χ0v) is 12.4. The van der Waals surface area contributed by atoms with Crippen molar-refractivity contribution in [2.75, 3.05) is 24.0 Å². The predicted octanol–water partition coefficient (Wildman–Crippen LogP) is 3.02. The highest BCUT2D eigenvalue weighted by atomic mass is 32.2. The number of benzene rings is 1. The average Bonchev–Trinajstić information content (AvgIpc) is 2.34. The van der Waals surface area contributed by atoms with Crippen molar-refractivity contribution in [3.8, 4) is 5.75 Å². The molecule has 0 aliphatic carbocycles. The molecule has 0 saturated carbocycles. The Bertz CT molecular complexity index is 382. The van der Waals surface area contributed by atoms with E-state index >= 15 is 0 Å². The Morgan fingerprint density at radius 2 is 2.00 bits per heavy atom. The molecule has 0 spiro atoms. The molecule has 1 rings (SSSR count). The SMILES string of the molecule is CSCCC(C)N(C)c1ccc(C(C)O)c(O)c1. The maximum Gasteiger partial charge on any atom is 0.123 e. The molecular formula is C14H23NO2S. The molecule has 0 saturated heterocycles. The topological polar surface area (TPSA) is 43.7 Å². The van der Waals surface area contributed by atoms with Gasteiger partial charge in [0, 0.05) is 30.4 Å². The number of phenols is 1. The van der Waals surface area contributed by atoms with Gasteiger partial charge in [-0.15, -0.1) is 0 Å². The molecule has 0 bridgehead atoms.